The lowest BCUT2D eigenvalue weighted by Gasteiger charge is -2.10. The second kappa shape index (κ2) is 5.85. The van der Waals surface area contributed by atoms with Crippen LogP contribution in [-0.4, -0.2) is 50.1 Å². The minimum atomic E-state index is -0.250. The Balaban J connectivity index is 3.75. The Hall–Kier alpha value is -1.72. The van der Waals surface area contributed by atoms with E-state index in [1.165, 1.54) is 22.2 Å². The van der Waals surface area contributed by atoms with Crippen molar-refractivity contribution >= 4 is 12.1 Å². The summed E-state index contributed by atoms with van der Waals surface area (Å²) >= 11 is 0. The predicted molar refractivity (Wildman–Crippen MR) is 53.6 cm³/mol. The van der Waals surface area contributed by atoms with Crippen LogP contribution in [0.25, 0.3) is 0 Å². The summed E-state index contributed by atoms with van der Waals surface area (Å²) in [4.78, 5) is 24.7. The lowest BCUT2D eigenvalue weighted by Crippen LogP contribution is -2.33. The number of nitrogens with one attached hydrogen (secondary N) is 2. The highest BCUT2D eigenvalue weighted by atomic mass is 16.2. The normalized spacial score (nSPS) is 9.71. The summed E-state index contributed by atoms with van der Waals surface area (Å²) in [5.41, 5.74) is 0. The zero-order valence-corrected chi connectivity index (χ0v) is 8.87. The van der Waals surface area contributed by atoms with E-state index in [2.05, 4.69) is 10.6 Å². The van der Waals surface area contributed by atoms with E-state index in [-0.39, 0.29) is 12.1 Å². The topological polar surface area (TPSA) is 64.7 Å². The standard InChI is InChI=1S/C8H16N4O2/c1-11(2)7(13)9-5-6-10-8(14)12(3)4/h5-6H,1-4H3,(H,9,13)(H,10,14)/b6-5+. The van der Waals surface area contributed by atoms with Crippen LogP contribution in [0.2, 0.25) is 0 Å². The number of urea groups is 2. The molecule has 6 heteroatoms. The van der Waals surface area contributed by atoms with Gasteiger partial charge in [-0.1, -0.05) is 0 Å². The van der Waals surface area contributed by atoms with Gasteiger partial charge in [0.2, 0.25) is 0 Å². The molecular formula is C8H16N4O2. The molecule has 0 saturated heterocycles. The average molecular weight is 200 g/mol. The molecule has 0 spiro atoms. The third-order valence-electron chi connectivity index (χ3n) is 1.31. The van der Waals surface area contributed by atoms with Crippen LogP contribution in [0.15, 0.2) is 12.4 Å². The summed E-state index contributed by atoms with van der Waals surface area (Å²) in [5, 5.41) is 4.90. The fourth-order valence-corrected chi connectivity index (χ4v) is 0.484. The van der Waals surface area contributed by atoms with Crippen molar-refractivity contribution in [1.29, 1.82) is 0 Å². The molecule has 0 heterocycles. The minimum absolute atomic E-state index is 0.250. The molecule has 0 radical (unpaired) electrons. The SMILES string of the molecule is CN(C)C(=O)N/C=C/NC(=O)N(C)C. The maximum absolute atomic E-state index is 11.0. The van der Waals surface area contributed by atoms with E-state index in [9.17, 15) is 9.59 Å². The van der Waals surface area contributed by atoms with E-state index < -0.39 is 0 Å². The average Bonchev–Trinajstić information content (AvgIpc) is 2.11. The number of amides is 4. The molecular weight excluding hydrogens is 184 g/mol. The molecule has 0 aliphatic carbocycles. The van der Waals surface area contributed by atoms with Gasteiger partial charge in [-0.25, -0.2) is 9.59 Å². The van der Waals surface area contributed by atoms with Gasteiger partial charge in [0, 0.05) is 40.6 Å². The molecule has 0 aromatic rings. The van der Waals surface area contributed by atoms with Crippen LogP contribution < -0.4 is 10.6 Å². The van der Waals surface area contributed by atoms with Gasteiger partial charge in [0.05, 0.1) is 0 Å². The zero-order chi connectivity index (χ0) is 11.1. The van der Waals surface area contributed by atoms with Gasteiger partial charge in [-0.2, -0.15) is 0 Å². The number of hydrogen-bond acceptors (Lipinski definition) is 2. The Morgan fingerprint density at radius 3 is 1.36 bits per heavy atom. The van der Waals surface area contributed by atoms with Crippen molar-refractivity contribution in [2.24, 2.45) is 0 Å². The monoisotopic (exact) mass is 200 g/mol. The van der Waals surface area contributed by atoms with Crippen molar-refractivity contribution in [3.05, 3.63) is 12.4 Å². The van der Waals surface area contributed by atoms with Crippen LogP contribution in [-0.2, 0) is 0 Å². The highest BCUT2D eigenvalue weighted by Crippen LogP contribution is 1.78. The number of carbonyl (C=O) groups is 2. The largest absolute Gasteiger partial charge is 0.331 e. The first-order chi connectivity index (χ1) is 6.45. The van der Waals surface area contributed by atoms with E-state index in [0.717, 1.165) is 0 Å². The number of rotatable bonds is 2. The molecule has 0 rings (SSSR count). The van der Waals surface area contributed by atoms with E-state index in [4.69, 9.17) is 0 Å². The van der Waals surface area contributed by atoms with Gasteiger partial charge in [-0.3, -0.25) is 0 Å². The number of nitrogens with zero attached hydrogens (tertiary/aromatic N) is 2. The highest BCUT2D eigenvalue weighted by molar-refractivity contribution is 5.76. The van der Waals surface area contributed by atoms with Crippen LogP contribution in [0.1, 0.15) is 0 Å². The van der Waals surface area contributed by atoms with Gasteiger partial charge < -0.3 is 20.4 Å². The molecule has 0 aromatic heterocycles. The third kappa shape index (κ3) is 5.02. The van der Waals surface area contributed by atoms with Crippen LogP contribution in [0.3, 0.4) is 0 Å². The van der Waals surface area contributed by atoms with Crippen LogP contribution in [0.4, 0.5) is 9.59 Å². The van der Waals surface area contributed by atoms with Crippen LogP contribution >= 0.6 is 0 Å². The summed E-state index contributed by atoms with van der Waals surface area (Å²) in [6.07, 6.45) is 2.73. The minimum Gasteiger partial charge on any atom is -0.331 e. The molecule has 0 aromatic carbocycles. The van der Waals surface area contributed by atoms with E-state index >= 15 is 0 Å². The quantitative estimate of drug-likeness (QED) is 0.659. The van der Waals surface area contributed by atoms with Gasteiger partial charge in [0.15, 0.2) is 0 Å². The smallest absolute Gasteiger partial charge is 0.320 e. The Labute approximate surface area is 83.5 Å². The molecule has 0 unspecified atom stereocenters. The number of hydrogen-bond donors (Lipinski definition) is 2. The maximum atomic E-state index is 11.0. The molecule has 0 saturated carbocycles. The highest BCUT2D eigenvalue weighted by Gasteiger charge is 1.99. The Morgan fingerprint density at radius 2 is 1.14 bits per heavy atom. The molecule has 4 amide bonds. The number of carbonyl (C=O) groups excluding carboxylic acids is 2. The lowest BCUT2D eigenvalue weighted by molar-refractivity contribution is 0.219. The van der Waals surface area contributed by atoms with Gasteiger partial charge in [-0.05, 0) is 0 Å². The van der Waals surface area contributed by atoms with Crippen LogP contribution in [0, 0.1) is 0 Å². The van der Waals surface area contributed by atoms with Gasteiger partial charge in [0.1, 0.15) is 0 Å². The summed E-state index contributed by atoms with van der Waals surface area (Å²) < 4.78 is 0. The van der Waals surface area contributed by atoms with Crippen LogP contribution in [0.5, 0.6) is 0 Å². The molecule has 0 aliphatic heterocycles. The summed E-state index contributed by atoms with van der Waals surface area (Å²) in [6.45, 7) is 0. The first kappa shape index (κ1) is 12.3. The van der Waals surface area contributed by atoms with Crippen molar-refractivity contribution < 1.29 is 9.59 Å². The summed E-state index contributed by atoms with van der Waals surface area (Å²) in [6, 6.07) is -0.499. The Kier molecular flexibility index (Phi) is 5.13. The third-order valence-corrected chi connectivity index (χ3v) is 1.31. The predicted octanol–water partition coefficient (Wildman–Crippen LogP) is -0.000000000000000222. The maximum Gasteiger partial charge on any atom is 0.320 e. The molecule has 0 bridgehead atoms. The van der Waals surface area contributed by atoms with Crippen molar-refractivity contribution in [2.45, 2.75) is 0 Å². The fourth-order valence-electron chi connectivity index (χ4n) is 0.484. The van der Waals surface area contributed by atoms with Crippen molar-refractivity contribution in [3.63, 3.8) is 0 Å². The van der Waals surface area contributed by atoms with E-state index in [1.54, 1.807) is 28.2 Å². The van der Waals surface area contributed by atoms with Crippen molar-refractivity contribution in [3.8, 4) is 0 Å². The van der Waals surface area contributed by atoms with E-state index in [0.29, 0.717) is 0 Å². The van der Waals surface area contributed by atoms with Crippen molar-refractivity contribution in [1.82, 2.24) is 20.4 Å². The lowest BCUT2D eigenvalue weighted by atomic mass is 10.7. The molecule has 2 N–H and O–H groups in total. The Bertz CT molecular complexity index is 211. The van der Waals surface area contributed by atoms with Gasteiger partial charge >= 0.3 is 12.1 Å². The van der Waals surface area contributed by atoms with Gasteiger partial charge in [-0.15, -0.1) is 0 Å². The molecule has 14 heavy (non-hydrogen) atoms. The molecule has 6 nitrogen and oxygen atoms in total. The zero-order valence-electron chi connectivity index (χ0n) is 8.87. The molecule has 0 atom stereocenters. The fraction of sp³-hybridized carbons (Fsp3) is 0.500. The summed E-state index contributed by atoms with van der Waals surface area (Å²) in [5.74, 6) is 0. The molecule has 0 fully saturated rings. The second-order valence-corrected chi connectivity index (χ2v) is 3.02. The molecule has 80 valence electrons. The first-order valence-electron chi connectivity index (χ1n) is 4.05. The Morgan fingerprint density at radius 1 is 0.857 bits per heavy atom. The van der Waals surface area contributed by atoms with Gasteiger partial charge in [0.25, 0.3) is 0 Å². The summed E-state index contributed by atoms with van der Waals surface area (Å²) in [7, 11) is 6.51. The van der Waals surface area contributed by atoms with E-state index in [1.807, 2.05) is 0 Å². The molecule has 0 aliphatic rings. The van der Waals surface area contributed by atoms with Crippen molar-refractivity contribution in [2.75, 3.05) is 28.2 Å². The second-order valence-electron chi connectivity index (χ2n) is 3.02. The first-order valence-corrected chi connectivity index (χ1v) is 4.05.